The van der Waals surface area contributed by atoms with Crippen molar-refractivity contribution in [2.75, 3.05) is 10.6 Å². The Morgan fingerprint density at radius 1 is 0.889 bits per heavy atom. The maximum Gasteiger partial charge on any atom is 0.323 e. The molecule has 27 heavy (non-hydrogen) atoms. The van der Waals surface area contributed by atoms with Crippen LogP contribution in [0.25, 0.3) is 16.9 Å². The fourth-order valence-electron chi connectivity index (χ4n) is 2.96. The molecule has 2 aromatic carbocycles. The molecule has 2 N–H and O–H groups in total. The summed E-state index contributed by atoms with van der Waals surface area (Å²) in [6.45, 7) is 4.04. The first-order chi connectivity index (χ1) is 13.1. The van der Waals surface area contributed by atoms with Crippen LogP contribution in [0.3, 0.4) is 0 Å². The maximum atomic E-state index is 12.2. The quantitative estimate of drug-likeness (QED) is 0.526. The SMILES string of the molecule is Cc1cccc(NC(=O)Nc2ccc(-c3cn4ccc(C)cc4n3)cc2)c1. The van der Waals surface area contributed by atoms with E-state index in [-0.39, 0.29) is 6.03 Å². The molecular formula is C22H20N4O. The number of fused-ring (bicyclic) bond motifs is 1. The summed E-state index contributed by atoms with van der Waals surface area (Å²) in [5.41, 5.74) is 6.59. The molecule has 5 heteroatoms. The number of nitrogens with one attached hydrogen (secondary N) is 2. The van der Waals surface area contributed by atoms with E-state index in [0.717, 1.165) is 33.8 Å². The van der Waals surface area contributed by atoms with Gasteiger partial charge in [-0.1, -0.05) is 24.3 Å². The highest BCUT2D eigenvalue weighted by molar-refractivity contribution is 5.99. The summed E-state index contributed by atoms with van der Waals surface area (Å²) in [6, 6.07) is 19.2. The fraction of sp³-hybridized carbons (Fsp3) is 0.0909. The molecule has 2 heterocycles. The molecule has 4 aromatic rings. The van der Waals surface area contributed by atoms with E-state index < -0.39 is 0 Å². The molecule has 0 radical (unpaired) electrons. The third-order valence-electron chi connectivity index (χ3n) is 4.33. The molecule has 0 fully saturated rings. The first-order valence-corrected chi connectivity index (χ1v) is 8.77. The van der Waals surface area contributed by atoms with Crippen molar-refractivity contribution in [2.45, 2.75) is 13.8 Å². The molecule has 5 nitrogen and oxygen atoms in total. The van der Waals surface area contributed by atoms with E-state index in [0.29, 0.717) is 0 Å². The van der Waals surface area contributed by atoms with Gasteiger partial charge in [-0.05, 0) is 61.4 Å². The van der Waals surface area contributed by atoms with Gasteiger partial charge in [-0.2, -0.15) is 0 Å². The zero-order valence-corrected chi connectivity index (χ0v) is 15.2. The summed E-state index contributed by atoms with van der Waals surface area (Å²) in [4.78, 5) is 16.8. The van der Waals surface area contributed by atoms with Crippen LogP contribution < -0.4 is 10.6 Å². The zero-order chi connectivity index (χ0) is 18.8. The number of nitrogens with zero attached hydrogens (tertiary/aromatic N) is 2. The number of anilines is 2. The van der Waals surface area contributed by atoms with E-state index in [1.54, 1.807) is 0 Å². The third kappa shape index (κ3) is 3.82. The van der Waals surface area contributed by atoms with E-state index >= 15 is 0 Å². The van der Waals surface area contributed by atoms with Crippen molar-refractivity contribution in [3.05, 3.63) is 84.2 Å². The second-order valence-electron chi connectivity index (χ2n) is 6.62. The molecule has 0 unspecified atom stereocenters. The Morgan fingerprint density at radius 2 is 1.63 bits per heavy atom. The molecular weight excluding hydrogens is 336 g/mol. The molecule has 0 aliphatic heterocycles. The lowest BCUT2D eigenvalue weighted by molar-refractivity contribution is 0.262. The van der Waals surface area contributed by atoms with E-state index in [1.165, 1.54) is 5.56 Å². The minimum absolute atomic E-state index is 0.267. The zero-order valence-electron chi connectivity index (χ0n) is 15.2. The van der Waals surface area contributed by atoms with Crippen LogP contribution in [0.2, 0.25) is 0 Å². The van der Waals surface area contributed by atoms with Crippen molar-refractivity contribution in [2.24, 2.45) is 0 Å². The van der Waals surface area contributed by atoms with Gasteiger partial charge in [-0.15, -0.1) is 0 Å². The van der Waals surface area contributed by atoms with E-state index in [1.807, 2.05) is 72.2 Å². The van der Waals surface area contributed by atoms with E-state index in [4.69, 9.17) is 0 Å². The third-order valence-corrected chi connectivity index (χ3v) is 4.33. The molecule has 0 saturated carbocycles. The molecule has 0 spiro atoms. The number of benzene rings is 2. The molecule has 0 aliphatic rings. The lowest BCUT2D eigenvalue weighted by Gasteiger charge is -2.08. The first kappa shape index (κ1) is 16.8. The normalized spacial score (nSPS) is 10.7. The Balaban J connectivity index is 1.47. The van der Waals surface area contributed by atoms with Crippen LogP contribution in [0.15, 0.2) is 73.1 Å². The number of hydrogen-bond donors (Lipinski definition) is 2. The summed E-state index contributed by atoms with van der Waals surface area (Å²) in [5, 5.41) is 5.68. The Labute approximate surface area is 157 Å². The fourth-order valence-corrected chi connectivity index (χ4v) is 2.96. The van der Waals surface area contributed by atoms with Gasteiger partial charge in [0.15, 0.2) is 0 Å². The molecule has 0 aliphatic carbocycles. The monoisotopic (exact) mass is 356 g/mol. The number of pyridine rings is 1. The number of rotatable bonds is 3. The van der Waals surface area contributed by atoms with Gasteiger partial charge in [0.25, 0.3) is 0 Å². The molecule has 0 atom stereocenters. The predicted molar refractivity (Wildman–Crippen MR) is 109 cm³/mol. The summed E-state index contributed by atoms with van der Waals surface area (Å²) in [5.74, 6) is 0. The summed E-state index contributed by atoms with van der Waals surface area (Å²) in [7, 11) is 0. The summed E-state index contributed by atoms with van der Waals surface area (Å²) in [6.07, 6.45) is 4.01. The molecule has 4 rings (SSSR count). The Morgan fingerprint density at radius 3 is 2.41 bits per heavy atom. The molecule has 0 bridgehead atoms. The lowest BCUT2D eigenvalue weighted by Crippen LogP contribution is -2.19. The van der Waals surface area contributed by atoms with Gasteiger partial charge in [-0.3, -0.25) is 0 Å². The van der Waals surface area contributed by atoms with Crippen molar-refractivity contribution in [3.63, 3.8) is 0 Å². The maximum absolute atomic E-state index is 12.2. The number of aromatic nitrogens is 2. The number of carbonyl (C=O) groups excluding carboxylic acids is 1. The van der Waals surface area contributed by atoms with Crippen LogP contribution in [0.5, 0.6) is 0 Å². The molecule has 2 amide bonds. The Kier molecular flexibility index (Phi) is 4.34. The number of amides is 2. The Bertz CT molecular complexity index is 1110. The van der Waals surface area contributed by atoms with Crippen LogP contribution in [-0.4, -0.2) is 15.4 Å². The second-order valence-corrected chi connectivity index (χ2v) is 6.62. The van der Waals surface area contributed by atoms with Gasteiger partial charge in [0.1, 0.15) is 5.65 Å². The van der Waals surface area contributed by atoms with E-state index in [9.17, 15) is 4.79 Å². The van der Waals surface area contributed by atoms with Gasteiger partial charge >= 0.3 is 6.03 Å². The van der Waals surface area contributed by atoms with Crippen molar-refractivity contribution in [1.82, 2.24) is 9.38 Å². The smallest absolute Gasteiger partial charge is 0.308 e. The highest BCUT2D eigenvalue weighted by Crippen LogP contribution is 2.22. The van der Waals surface area contributed by atoms with Gasteiger partial charge < -0.3 is 15.0 Å². The van der Waals surface area contributed by atoms with Gasteiger partial charge in [0.2, 0.25) is 0 Å². The topological polar surface area (TPSA) is 58.4 Å². The van der Waals surface area contributed by atoms with Crippen LogP contribution in [0, 0.1) is 13.8 Å². The van der Waals surface area contributed by atoms with Crippen molar-refractivity contribution in [3.8, 4) is 11.3 Å². The second kappa shape index (κ2) is 6.96. The molecule has 0 saturated heterocycles. The number of carbonyl (C=O) groups is 1. The minimum atomic E-state index is -0.267. The Hall–Kier alpha value is -3.60. The number of hydrogen-bond acceptors (Lipinski definition) is 2. The summed E-state index contributed by atoms with van der Waals surface area (Å²) >= 11 is 0. The van der Waals surface area contributed by atoms with Gasteiger partial charge in [-0.25, -0.2) is 9.78 Å². The predicted octanol–water partition coefficient (Wildman–Crippen LogP) is 5.26. The lowest BCUT2D eigenvalue weighted by atomic mass is 10.1. The number of urea groups is 1. The molecule has 134 valence electrons. The molecule has 2 aromatic heterocycles. The highest BCUT2D eigenvalue weighted by atomic mass is 16.2. The number of aryl methyl sites for hydroxylation is 2. The summed E-state index contributed by atoms with van der Waals surface area (Å²) < 4.78 is 2.00. The van der Waals surface area contributed by atoms with Crippen LogP contribution >= 0.6 is 0 Å². The largest absolute Gasteiger partial charge is 0.323 e. The first-order valence-electron chi connectivity index (χ1n) is 8.77. The van der Waals surface area contributed by atoms with Gasteiger partial charge in [0, 0.05) is 29.3 Å². The van der Waals surface area contributed by atoms with Crippen molar-refractivity contribution in [1.29, 1.82) is 0 Å². The highest BCUT2D eigenvalue weighted by Gasteiger charge is 2.06. The van der Waals surface area contributed by atoms with E-state index in [2.05, 4.69) is 34.7 Å². The number of imidazole rings is 1. The van der Waals surface area contributed by atoms with Crippen molar-refractivity contribution < 1.29 is 4.79 Å². The average molecular weight is 356 g/mol. The van der Waals surface area contributed by atoms with Crippen LogP contribution in [0.4, 0.5) is 16.2 Å². The van der Waals surface area contributed by atoms with Gasteiger partial charge in [0.05, 0.1) is 5.69 Å². The van der Waals surface area contributed by atoms with Crippen LogP contribution in [-0.2, 0) is 0 Å². The van der Waals surface area contributed by atoms with Crippen molar-refractivity contribution >= 4 is 23.1 Å². The standard InChI is InChI=1S/C22H20N4O/c1-15-4-3-5-19(12-15)24-22(27)23-18-8-6-17(7-9-18)20-14-26-11-10-16(2)13-21(26)25-20/h3-14H,1-2H3,(H2,23,24,27). The minimum Gasteiger partial charge on any atom is -0.308 e. The van der Waals surface area contributed by atoms with Crippen LogP contribution in [0.1, 0.15) is 11.1 Å². The average Bonchev–Trinajstić information content (AvgIpc) is 3.05.